The minimum atomic E-state index is -1.12. The SMILES string of the molecule is CCCCO[C@H]1C[C@](C)(O)[C@H](O)[C@@H](C)O1. The van der Waals surface area contributed by atoms with Gasteiger partial charge in [0.2, 0.25) is 0 Å². The lowest BCUT2D eigenvalue weighted by Crippen LogP contribution is -2.55. The fourth-order valence-corrected chi connectivity index (χ4v) is 1.78. The molecule has 15 heavy (non-hydrogen) atoms. The Morgan fingerprint density at radius 3 is 2.73 bits per heavy atom. The van der Waals surface area contributed by atoms with E-state index < -0.39 is 18.0 Å². The van der Waals surface area contributed by atoms with Crippen LogP contribution in [0.4, 0.5) is 0 Å². The highest BCUT2D eigenvalue weighted by Gasteiger charge is 2.43. The van der Waals surface area contributed by atoms with E-state index in [2.05, 4.69) is 6.92 Å². The molecule has 1 saturated heterocycles. The number of hydrogen-bond acceptors (Lipinski definition) is 4. The first kappa shape index (κ1) is 12.9. The van der Waals surface area contributed by atoms with E-state index in [1.54, 1.807) is 13.8 Å². The minimum Gasteiger partial charge on any atom is -0.387 e. The zero-order valence-electron chi connectivity index (χ0n) is 9.77. The predicted molar refractivity (Wildman–Crippen MR) is 56.4 cm³/mol. The van der Waals surface area contributed by atoms with Gasteiger partial charge in [0.05, 0.1) is 11.7 Å². The summed E-state index contributed by atoms with van der Waals surface area (Å²) in [5, 5.41) is 19.6. The molecule has 0 radical (unpaired) electrons. The number of aliphatic hydroxyl groups excluding tert-OH is 1. The molecule has 1 aliphatic heterocycles. The summed E-state index contributed by atoms with van der Waals surface area (Å²) in [5.41, 5.74) is -1.12. The monoisotopic (exact) mass is 218 g/mol. The summed E-state index contributed by atoms with van der Waals surface area (Å²) in [6.45, 7) is 6.09. The Labute approximate surface area is 91.2 Å². The highest BCUT2D eigenvalue weighted by Crippen LogP contribution is 2.29. The molecule has 0 unspecified atom stereocenters. The largest absolute Gasteiger partial charge is 0.387 e. The van der Waals surface area contributed by atoms with Gasteiger partial charge in [0.1, 0.15) is 6.10 Å². The topological polar surface area (TPSA) is 58.9 Å². The zero-order valence-corrected chi connectivity index (χ0v) is 9.77. The number of unbranched alkanes of at least 4 members (excludes halogenated alkanes) is 1. The van der Waals surface area contributed by atoms with Crippen LogP contribution in [0, 0.1) is 0 Å². The summed E-state index contributed by atoms with van der Waals surface area (Å²) in [5.74, 6) is 0. The Morgan fingerprint density at radius 1 is 1.53 bits per heavy atom. The summed E-state index contributed by atoms with van der Waals surface area (Å²) in [6.07, 6.45) is 0.747. The summed E-state index contributed by atoms with van der Waals surface area (Å²) in [7, 11) is 0. The van der Waals surface area contributed by atoms with E-state index in [0.29, 0.717) is 13.0 Å². The van der Waals surface area contributed by atoms with Crippen molar-refractivity contribution in [1.82, 2.24) is 0 Å². The van der Waals surface area contributed by atoms with Crippen LogP contribution < -0.4 is 0 Å². The summed E-state index contributed by atoms with van der Waals surface area (Å²) in [4.78, 5) is 0. The summed E-state index contributed by atoms with van der Waals surface area (Å²) < 4.78 is 10.9. The van der Waals surface area contributed by atoms with E-state index in [0.717, 1.165) is 12.8 Å². The Hall–Kier alpha value is -0.160. The molecule has 4 heteroatoms. The van der Waals surface area contributed by atoms with E-state index in [4.69, 9.17) is 9.47 Å². The lowest BCUT2D eigenvalue weighted by molar-refractivity contribution is -0.272. The lowest BCUT2D eigenvalue weighted by Gasteiger charge is -2.41. The molecule has 0 saturated carbocycles. The van der Waals surface area contributed by atoms with Gasteiger partial charge in [0, 0.05) is 13.0 Å². The van der Waals surface area contributed by atoms with Crippen LogP contribution in [0.3, 0.4) is 0 Å². The molecule has 4 atom stereocenters. The second-order valence-corrected chi connectivity index (χ2v) is 4.50. The molecule has 1 aliphatic rings. The lowest BCUT2D eigenvalue weighted by atomic mass is 9.89. The van der Waals surface area contributed by atoms with Gasteiger partial charge in [0.25, 0.3) is 0 Å². The molecule has 1 heterocycles. The smallest absolute Gasteiger partial charge is 0.160 e. The third-order valence-electron chi connectivity index (χ3n) is 2.83. The summed E-state index contributed by atoms with van der Waals surface area (Å²) in [6, 6.07) is 0. The van der Waals surface area contributed by atoms with Crippen molar-refractivity contribution in [3.63, 3.8) is 0 Å². The molecule has 0 amide bonds. The molecule has 0 aromatic rings. The molecule has 0 aromatic carbocycles. The van der Waals surface area contributed by atoms with Crippen LogP contribution in [0.25, 0.3) is 0 Å². The molecule has 0 aromatic heterocycles. The van der Waals surface area contributed by atoms with Crippen LogP contribution in [0.15, 0.2) is 0 Å². The second kappa shape index (κ2) is 5.25. The molecule has 2 N–H and O–H groups in total. The Kier molecular flexibility index (Phi) is 4.52. The van der Waals surface area contributed by atoms with Gasteiger partial charge in [-0.2, -0.15) is 0 Å². The fraction of sp³-hybridized carbons (Fsp3) is 1.00. The average molecular weight is 218 g/mol. The van der Waals surface area contributed by atoms with Crippen LogP contribution in [-0.2, 0) is 9.47 Å². The minimum absolute atomic E-state index is 0.322. The molecule has 0 aliphatic carbocycles. The van der Waals surface area contributed by atoms with Crippen LogP contribution in [0.1, 0.15) is 40.0 Å². The quantitative estimate of drug-likeness (QED) is 0.692. The molecule has 4 nitrogen and oxygen atoms in total. The third-order valence-corrected chi connectivity index (χ3v) is 2.83. The van der Waals surface area contributed by atoms with Crippen LogP contribution in [0.2, 0.25) is 0 Å². The van der Waals surface area contributed by atoms with Crippen molar-refractivity contribution in [3.8, 4) is 0 Å². The average Bonchev–Trinajstić information content (AvgIpc) is 2.14. The molecular weight excluding hydrogens is 196 g/mol. The van der Waals surface area contributed by atoms with Crippen molar-refractivity contribution in [2.24, 2.45) is 0 Å². The van der Waals surface area contributed by atoms with E-state index >= 15 is 0 Å². The van der Waals surface area contributed by atoms with Crippen LogP contribution in [-0.4, -0.2) is 40.9 Å². The highest BCUT2D eigenvalue weighted by atomic mass is 16.7. The third kappa shape index (κ3) is 3.41. The second-order valence-electron chi connectivity index (χ2n) is 4.50. The first-order chi connectivity index (χ1) is 6.97. The molecule has 1 rings (SSSR count). The maximum atomic E-state index is 9.93. The van der Waals surface area contributed by atoms with Crippen molar-refractivity contribution in [2.75, 3.05) is 6.61 Å². The Balaban J connectivity index is 2.42. The number of ether oxygens (including phenoxy) is 2. The Bertz CT molecular complexity index is 193. The predicted octanol–water partition coefficient (Wildman–Crippen LogP) is 1.05. The van der Waals surface area contributed by atoms with E-state index in [-0.39, 0.29) is 6.10 Å². The summed E-state index contributed by atoms with van der Waals surface area (Å²) >= 11 is 0. The van der Waals surface area contributed by atoms with Gasteiger partial charge in [-0.1, -0.05) is 13.3 Å². The van der Waals surface area contributed by atoms with Gasteiger partial charge in [-0.25, -0.2) is 0 Å². The van der Waals surface area contributed by atoms with Gasteiger partial charge in [-0.3, -0.25) is 0 Å². The molecule has 0 spiro atoms. The number of rotatable bonds is 4. The highest BCUT2D eigenvalue weighted by molar-refractivity contribution is 4.90. The fourth-order valence-electron chi connectivity index (χ4n) is 1.78. The van der Waals surface area contributed by atoms with Crippen molar-refractivity contribution in [3.05, 3.63) is 0 Å². The molecular formula is C11H22O4. The Morgan fingerprint density at radius 2 is 2.20 bits per heavy atom. The molecule has 1 fully saturated rings. The van der Waals surface area contributed by atoms with Gasteiger partial charge in [-0.15, -0.1) is 0 Å². The number of aliphatic hydroxyl groups is 2. The first-order valence-corrected chi connectivity index (χ1v) is 5.65. The maximum absolute atomic E-state index is 9.93. The van der Waals surface area contributed by atoms with E-state index in [1.807, 2.05) is 0 Å². The van der Waals surface area contributed by atoms with Gasteiger partial charge < -0.3 is 19.7 Å². The van der Waals surface area contributed by atoms with Gasteiger partial charge >= 0.3 is 0 Å². The van der Waals surface area contributed by atoms with Crippen molar-refractivity contribution in [1.29, 1.82) is 0 Å². The standard InChI is InChI=1S/C11H22O4/c1-4-5-6-14-9-7-11(3,13)10(12)8(2)15-9/h8-10,12-13H,4-7H2,1-3H3/t8-,9-,10-,11+/m1/s1. The first-order valence-electron chi connectivity index (χ1n) is 5.65. The van der Waals surface area contributed by atoms with Gasteiger partial charge in [-0.05, 0) is 20.3 Å². The normalized spacial score (nSPS) is 41.8. The van der Waals surface area contributed by atoms with Crippen molar-refractivity contribution in [2.45, 2.75) is 64.1 Å². The molecule has 90 valence electrons. The van der Waals surface area contributed by atoms with Crippen LogP contribution >= 0.6 is 0 Å². The number of hydrogen-bond donors (Lipinski definition) is 2. The zero-order chi connectivity index (χ0) is 11.5. The molecule has 0 bridgehead atoms. The van der Waals surface area contributed by atoms with Gasteiger partial charge in [0.15, 0.2) is 6.29 Å². The maximum Gasteiger partial charge on any atom is 0.160 e. The van der Waals surface area contributed by atoms with E-state index in [9.17, 15) is 10.2 Å². The van der Waals surface area contributed by atoms with Crippen LogP contribution in [0.5, 0.6) is 0 Å². The van der Waals surface area contributed by atoms with Crippen molar-refractivity contribution < 1.29 is 19.7 Å². The van der Waals surface area contributed by atoms with Crippen molar-refractivity contribution >= 4 is 0 Å². The van der Waals surface area contributed by atoms with E-state index in [1.165, 1.54) is 0 Å².